The molecule has 1 fully saturated rings. The van der Waals surface area contributed by atoms with Crippen molar-refractivity contribution in [1.29, 1.82) is 0 Å². The topological polar surface area (TPSA) is 71.1 Å². The van der Waals surface area contributed by atoms with Crippen molar-refractivity contribution in [3.8, 4) is 0 Å². The maximum Gasteiger partial charge on any atom is 0.271 e. The van der Waals surface area contributed by atoms with Gasteiger partial charge >= 0.3 is 0 Å². The molecule has 2 aromatic rings. The lowest BCUT2D eigenvalue weighted by Crippen LogP contribution is -2.43. The molecule has 3 rings (SSSR count). The highest BCUT2D eigenvalue weighted by atomic mass is 79.9. The average Bonchev–Trinajstić information content (AvgIpc) is 2.91. The van der Waals surface area contributed by atoms with Gasteiger partial charge in [0, 0.05) is 22.8 Å². The molecule has 2 N–H and O–H groups in total. The Kier molecular flexibility index (Phi) is 4.77. The second-order valence-electron chi connectivity index (χ2n) is 5.61. The highest BCUT2D eigenvalue weighted by molar-refractivity contribution is 9.10. The zero-order valence-corrected chi connectivity index (χ0v) is 14.9. The first-order valence-electron chi connectivity index (χ1n) is 7.30. The van der Waals surface area contributed by atoms with Crippen LogP contribution >= 0.6 is 27.3 Å². The summed E-state index contributed by atoms with van der Waals surface area (Å²) < 4.78 is 1.07. The molecule has 1 aliphatic carbocycles. The molecule has 0 saturated heterocycles. The lowest BCUT2D eigenvalue weighted by molar-refractivity contribution is -0.114. The number of hydrogen-bond acceptors (Lipinski definition) is 4. The molecule has 1 aliphatic rings. The van der Waals surface area contributed by atoms with E-state index in [1.165, 1.54) is 23.8 Å². The Hall–Kier alpha value is -1.73. The highest BCUT2D eigenvalue weighted by Gasteiger charge is 2.31. The van der Waals surface area contributed by atoms with Gasteiger partial charge in [0.05, 0.1) is 0 Å². The third-order valence-corrected chi connectivity index (χ3v) is 5.12. The van der Waals surface area contributed by atoms with Crippen LogP contribution in [0.1, 0.15) is 41.7 Å². The number of anilines is 1. The number of aromatic nitrogens is 1. The van der Waals surface area contributed by atoms with E-state index in [9.17, 15) is 9.59 Å². The number of carbonyl (C=O) groups excluding carboxylic acids is 2. The summed E-state index contributed by atoms with van der Waals surface area (Å²) in [6.45, 7) is 1.41. The van der Waals surface area contributed by atoms with Crippen molar-refractivity contribution in [2.24, 2.45) is 0 Å². The summed E-state index contributed by atoms with van der Waals surface area (Å²) in [6.07, 6.45) is 1.88. The van der Waals surface area contributed by atoms with Crippen LogP contribution in [0.4, 0.5) is 5.13 Å². The summed E-state index contributed by atoms with van der Waals surface area (Å²) in [5, 5.41) is 7.68. The molecule has 0 bridgehead atoms. The highest BCUT2D eigenvalue weighted by Crippen LogP contribution is 2.37. The van der Waals surface area contributed by atoms with Crippen LogP contribution in [-0.4, -0.2) is 22.8 Å². The molecule has 1 aromatic heterocycles. The number of rotatable bonds is 4. The number of nitrogens with one attached hydrogen (secondary N) is 2. The number of carbonyl (C=O) groups is 2. The number of amides is 2. The second-order valence-corrected chi connectivity index (χ2v) is 7.38. The van der Waals surface area contributed by atoms with Crippen LogP contribution in [0.15, 0.2) is 34.1 Å². The Bertz CT molecular complexity index is 723. The third kappa shape index (κ3) is 3.97. The zero-order chi connectivity index (χ0) is 16.4. The first kappa shape index (κ1) is 16.1. The van der Waals surface area contributed by atoms with Crippen LogP contribution in [-0.2, 0) is 4.79 Å². The van der Waals surface area contributed by atoms with Crippen molar-refractivity contribution in [3.05, 3.63) is 45.4 Å². The minimum Gasteiger partial charge on any atom is -0.348 e. The zero-order valence-electron chi connectivity index (χ0n) is 12.5. The van der Waals surface area contributed by atoms with Gasteiger partial charge in [-0.15, -0.1) is 11.3 Å². The van der Waals surface area contributed by atoms with E-state index in [1.54, 1.807) is 5.38 Å². The van der Waals surface area contributed by atoms with Gasteiger partial charge in [0.2, 0.25) is 5.91 Å². The number of benzene rings is 1. The molecule has 0 atom stereocenters. The summed E-state index contributed by atoms with van der Waals surface area (Å²) >= 11 is 4.68. The Balaban J connectivity index is 1.51. The van der Waals surface area contributed by atoms with Crippen molar-refractivity contribution >= 4 is 44.2 Å². The molecule has 23 heavy (non-hydrogen) atoms. The summed E-state index contributed by atoms with van der Waals surface area (Å²) in [4.78, 5) is 27.2. The summed E-state index contributed by atoms with van der Waals surface area (Å²) in [5.41, 5.74) is 1.66. The van der Waals surface area contributed by atoms with E-state index in [2.05, 4.69) is 43.7 Å². The minimum absolute atomic E-state index is 0.182. The van der Waals surface area contributed by atoms with Crippen LogP contribution in [0.2, 0.25) is 0 Å². The fourth-order valence-corrected chi connectivity index (χ4v) is 3.59. The third-order valence-electron chi connectivity index (χ3n) is 3.83. The molecule has 0 unspecified atom stereocenters. The van der Waals surface area contributed by atoms with Gasteiger partial charge in [-0.2, -0.15) is 0 Å². The minimum atomic E-state index is -0.192. The Labute approximate surface area is 146 Å². The number of halogens is 1. The molecular formula is C16H16BrN3O2S. The van der Waals surface area contributed by atoms with E-state index in [4.69, 9.17) is 0 Å². The van der Waals surface area contributed by atoms with E-state index in [-0.39, 0.29) is 17.9 Å². The number of hydrogen-bond donors (Lipinski definition) is 2. The van der Waals surface area contributed by atoms with Gasteiger partial charge in [0.25, 0.3) is 5.91 Å². The molecule has 2 amide bonds. The number of thiazole rings is 1. The van der Waals surface area contributed by atoms with Crippen molar-refractivity contribution in [3.63, 3.8) is 0 Å². The van der Waals surface area contributed by atoms with Gasteiger partial charge in [-0.05, 0) is 36.5 Å². The van der Waals surface area contributed by atoms with Crippen molar-refractivity contribution in [2.75, 3.05) is 5.32 Å². The van der Waals surface area contributed by atoms with Crippen LogP contribution in [0.3, 0.4) is 0 Å². The summed E-state index contributed by atoms with van der Waals surface area (Å²) in [7, 11) is 0. The molecule has 1 saturated carbocycles. The molecule has 7 heteroatoms. The van der Waals surface area contributed by atoms with Crippen LogP contribution in [0, 0.1) is 0 Å². The Morgan fingerprint density at radius 1 is 1.26 bits per heavy atom. The van der Waals surface area contributed by atoms with Crippen LogP contribution < -0.4 is 10.6 Å². The largest absolute Gasteiger partial charge is 0.348 e. The fourth-order valence-electron chi connectivity index (χ4n) is 2.59. The lowest BCUT2D eigenvalue weighted by Gasteiger charge is -2.36. The van der Waals surface area contributed by atoms with Crippen molar-refractivity contribution < 1.29 is 9.59 Å². The quantitative estimate of drug-likeness (QED) is 0.834. The van der Waals surface area contributed by atoms with Crippen LogP contribution in [0.25, 0.3) is 0 Å². The normalized spacial score (nSPS) is 19.7. The van der Waals surface area contributed by atoms with Gasteiger partial charge in [-0.25, -0.2) is 4.98 Å². The van der Waals surface area contributed by atoms with Gasteiger partial charge in [0.1, 0.15) is 5.69 Å². The van der Waals surface area contributed by atoms with Crippen molar-refractivity contribution in [2.45, 2.75) is 31.7 Å². The molecule has 1 aromatic carbocycles. The molecule has 0 spiro atoms. The number of nitrogens with zero attached hydrogens (tertiary/aromatic N) is 1. The molecule has 0 aliphatic heterocycles. The van der Waals surface area contributed by atoms with Crippen LogP contribution in [0.5, 0.6) is 0 Å². The van der Waals surface area contributed by atoms with Gasteiger partial charge in [-0.1, -0.05) is 28.1 Å². The molecule has 0 radical (unpaired) electrons. The molecule has 120 valence electrons. The Morgan fingerprint density at radius 3 is 2.61 bits per heavy atom. The maximum absolute atomic E-state index is 12.1. The van der Waals surface area contributed by atoms with Gasteiger partial charge in [-0.3, -0.25) is 9.59 Å². The van der Waals surface area contributed by atoms with E-state index in [0.29, 0.717) is 16.7 Å². The summed E-state index contributed by atoms with van der Waals surface area (Å²) in [6, 6.07) is 8.50. The molecule has 5 nitrogen and oxygen atoms in total. The average molecular weight is 394 g/mol. The lowest BCUT2D eigenvalue weighted by atomic mass is 9.76. The standard InChI is InChI=1S/C16H16BrN3O2S/c1-9(21)18-16-20-14(8-23-16)15(22)19-13-6-11(7-13)10-2-4-12(17)5-3-10/h2-5,8,11,13H,6-7H2,1H3,(H,19,22)(H,18,20,21). The second kappa shape index (κ2) is 6.80. The predicted molar refractivity (Wildman–Crippen MR) is 93.8 cm³/mol. The smallest absolute Gasteiger partial charge is 0.271 e. The van der Waals surface area contributed by atoms with E-state index < -0.39 is 0 Å². The molecule has 1 heterocycles. The SMILES string of the molecule is CC(=O)Nc1nc(C(=O)NC2CC(c3ccc(Br)cc3)C2)cs1. The van der Waals surface area contributed by atoms with Gasteiger partial charge < -0.3 is 10.6 Å². The van der Waals surface area contributed by atoms with E-state index in [1.807, 2.05) is 12.1 Å². The predicted octanol–water partition coefficient (Wildman–Crippen LogP) is 3.54. The summed E-state index contributed by atoms with van der Waals surface area (Å²) in [5.74, 6) is 0.124. The maximum atomic E-state index is 12.1. The Morgan fingerprint density at radius 2 is 1.96 bits per heavy atom. The van der Waals surface area contributed by atoms with E-state index in [0.717, 1.165) is 17.3 Å². The van der Waals surface area contributed by atoms with E-state index >= 15 is 0 Å². The monoisotopic (exact) mass is 393 g/mol. The van der Waals surface area contributed by atoms with Gasteiger partial charge in [0.15, 0.2) is 5.13 Å². The van der Waals surface area contributed by atoms with Crippen molar-refractivity contribution in [1.82, 2.24) is 10.3 Å². The molecular weight excluding hydrogens is 378 g/mol. The first-order valence-corrected chi connectivity index (χ1v) is 8.98. The fraction of sp³-hybridized carbons (Fsp3) is 0.312. The first-order chi connectivity index (χ1) is 11.0.